The van der Waals surface area contributed by atoms with Crippen molar-refractivity contribution in [1.82, 2.24) is 0 Å². The van der Waals surface area contributed by atoms with Crippen molar-refractivity contribution >= 4 is 7.85 Å². The van der Waals surface area contributed by atoms with Gasteiger partial charge in [-0.25, -0.2) is 0 Å². The lowest BCUT2D eigenvalue weighted by Crippen LogP contribution is -2.06. The van der Waals surface area contributed by atoms with Gasteiger partial charge in [0.25, 0.3) is 0 Å². The van der Waals surface area contributed by atoms with Crippen molar-refractivity contribution in [3.8, 4) is 5.75 Å². The lowest BCUT2D eigenvalue weighted by molar-refractivity contribution is 0.466. The summed E-state index contributed by atoms with van der Waals surface area (Å²) >= 11 is 0. The van der Waals surface area contributed by atoms with Gasteiger partial charge in [0.1, 0.15) is 13.6 Å². The van der Waals surface area contributed by atoms with E-state index in [4.69, 9.17) is 0 Å². The third-order valence-electron chi connectivity index (χ3n) is 3.04. The largest absolute Gasteiger partial charge is 0.507 e. The van der Waals surface area contributed by atoms with Gasteiger partial charge in [0.15, 0.2) is 0 Å². The number of benzene rings is 1. The maximum atomic E-state index is 9.65. The van der Waals surface area contributed by atoms with Gasteiger partial charge in [0, 0.05) is 0 Å². The molecule has 2 heteroatoms. The number of hydrogen-bond acceptors (Lipinski definition) is 1. The molecule has 0 spiro atoms. The summed E-state index contributed by atoms with van der Waals surface area (Å²) in [5, 5.41) is 9.65. The van der Waals surface area contributed by atoms with Crippen molar-refractivity contribution in [3.63, 3.8) is 0 Å². The Hall–Kier alpha value is -0.915. The third kappa shape index (κ3) is 2.12. The molecule has 0 amide bonds. The molecule has 1 atom stereocenters. The minimum absolute atomic E-state index is 0.435. The second-order valence-corrected chi connectivity index (χ2v) is 4.54. The molecule has 1 aromatic rings. The summed E-state index contributed by atoms with van der Waals surface area (Å²) in [7, 11) is 2.23. The molecular weight excluding hydrogens is 171 g/mol. The number of rotatable bonds is 2. The molecule has 1 rings (SSSR count). The fraction of sp³-hybridized carbons (Fsp3) is 0.500. The van der Waals surface area contributed by atoms with Crippen LogP contribution in [-0.2, 0) is 0 Å². The Morgan fingerprint density at radius 1 is 1.14 bits per heavy atom. The smallest absolute Gasteiger partial charge is 0.121 e. The van der Waals surface area contributed by atoms with Crippen molar-refractivity contribution in [2.45, 2.75) is 33.5 Å². The van der Waals surface area contributed by atoms with Crippen molar-refractivity contribution in [3.05, 3.63) is 28.8 Å². The van der Waals surface area contributed by atoms with Crippen LogP contribution in [0, 0.1) is 19.8 Å². The first-order valence-corrected chi connectivity index (χ1v) is 5.23. The molecule has 1 N–H and O–H groups in total. The normalized spacial score (nSPS) is 13.2. The van der Waals surface area contributed by atoms with Gasteiger partial charge in [-0.15, -0.1) is 0 Å². The van der Waals surface area contributed by atoms with Gasteiger partial charge in [-0.05, 0) is 36.7 Å². The zero-order valence-electron chi connectivity index (χ0n) is 9.76. The predicted molar refractivity (Wildman–Crippen MR) is 63.7 cm³/mol. The van der Waals surface area contributed by atoms with Gasteiger partial charge < -0.3 is 5.11 Å². The van der Waals surface area contributed by atoms with E-state index < -0.39 is 0 Å². The summed E-state index contributed by atoms with van der Waals surface area (Å²) < 4.78 is 0. The van der Waals surface area contributed by atoms with E-state index >= 15 is 0 Å². The van der Waals surface area contributed by atoms with Crippen LogP contribution in [0.2, 0.25) is 0 Å². The Morgan fingerprint density at radius 3 is 1.93 bits per heavy atom. The first-order chi connectivity index (χ1) is 6.43. The van der Waals surface area contributed by atoms with Gasteiger partial charge in [0.05, 0.1) is 0 Å². The minimum Gasteiger partial charge on any atom is -0.507 e. The molecule has 1 unspecified atom stereocenters. The monoisotopic (exact) mass is 190 g/mol. The highest BCUT2D eigenvalue weighted by Gasteiger charge is 2.12. The van der Waals surface area contributed by atoms with Gasteiger partial charge in [-0.1, -0.05) is 31.5 Å². The molecule has 76 valence electrons. The molecule has 0 bridgehead atoms. The summed E-state index contributed by atoms with van der Waals surface area (Å²) in [6.45, 7) is 8.36. The van der Waals surface area contributed by atoms with E-state index in [1.807, 2.05) is 13.8 Å². The molecule has 0 saturated heterocycles. The average Bonchev–Trinajstić information content (AvgIpc) is 2.12. The van der Waals surface area contributed by atoms with E-state index in [0.717, 1.165) is 11.1 Å². The molecule has 0 aliphatic heterocycles. The zero-order valence-corrected chi connectivity index (χ0v) is 9.76. The second kappa shape index (κ2) is 4.08. The number of aromatic hydroxyl groups is 1. The molecule has 0 saturated carbocycles. The Morgan fingerprint density at radius 2 is 1.57 bits per heavy atom. The molecule has 1 aromatic carbocycles. The molecule has 0 aliphatic rings. The van der Waals surface area contributed by atoms with Crippen LogP contribution in [0.3, 0.4) is 0 Å². The molecular formula is C12H19BO. The van der Waals surface area contributed by atoms with Gasteiger partial charge >= 0.3 is 0 Å². The van der Waals surface area contributed by atoms with E-state index in [9.17, 15) is 5.11 Å². The summed E-state index contributed by atoms with van der Waals surface area (Å²) in [6, 6.07) is 4.18. The lowest BCUT2D eigenvalue weighted by Gasteiger charge is -2.18. The summed E-state index contributed by atoms with van der Waals surface area (Å²) in [5.41, 5.74) is 3.29. The van der Waals surface area contributed by atoms with Crippen LogP contribution in [0.4, 0.5) is 0 Å². The highest BCUT2D eigenvalue weighted by molar-refractivity contribution is 6.12. The highest BCUT2D eigenvalue weighted by atomic mass is 16.3. The standard InChI is InChI=1S/C12H19BO/c1-7(2)11(13)10-5-8(3)12(14)9(4)6-10/h5-7,11,14H,13H2,1-4H3. The molecule has 1 nitrogen and oxygen atoms in total. The van der Waals surface area contributed by atoms with Gasteiger partial charge in [0.2, 0.25) is 0 Å². The number of phenols is 1. The summed E-state index contributed by atoms with van der Waals surface area (Å²) in [5.74, 6) is 1.62. The van der Waals surface area contributed by atoms with Crippen molar-refractivity contribution in [1.29, 1.82) is 0 Å². The Labute approximate surface area is 87.6 Å². The first-order valence-electron chi connectivity index (χ1n) is 5.23. The molecule has 0 heterocycles. The van der Waals surface area contributed by atoms with E-state index in [1.165, 1.54) is 5.56 Å². The molecule has 0 fully saturated rings. The molecule has 0 radical (unpaired) electrons. The quantitative estimate of drug-likeness (QED) is 0.709. The number of phenolic OH excluding ortho intramolecular Hbond substituents is 1. The first kappa shape index (κ1) is 11.2. The van der Waals surface area contributed by atoms with Gasteiger partial charge in [-0.2, -0.15) is 0 Å². The van der Waals surface area contributed by atoms with Crippen molar-refractivity contribution in [2.24, 2.45) is 5.92 Å². The maximum Gasteiger partial charge on any atom is 0.121 e. The second-order valence-electron chi connectivity index (χ2n) is 4.54. The zero-order chi connectivity index (χ0) is 10.9. The Kier molecular flexibility index (Phi) is 3.25. The summed E-state index contributed by atoms with van der Waals surface area (Å²) in [6.07, 6.45) is 0. The average molecular weight is 190 g/mol. The number of hydrogen-bond donors (Lipinski definition) is 1. The van der Waals surface area contributed by atoms with E-state index in [2.05, 4.69) is 33.8 Å². The van der Waals surface area contributed by atoms with Crippen LogP contribution in [0.15, 0.2) is 12.1 Å². The molecule has 0 aromatic heterocycles. The fourth-order valence-electron chi connectivity index (χ4n) is 1.64. The topological polar surface area (TPSA) is 20.2 Å². The third-order valence-corrected chi connectivity index (χ3v) is 3.04. The van der Waals surface area contributed by atoms with Crippen LogP contribution < -0.4 is 0 Å². The molecule has 0 aliphatic carbocycles. The highest BCUT2D eigenvalue weighted by Crippen LogP contribution is 2.28. The van der Waals surface area contributed by atoms with Crippen molar-refractivity contribution < 1.29 is 5.11 Å². The van der Waals surface area contributed by atoms with E-state index in [-0.39, 0.29) is 0 Å². The maximum absolute atomic E-state index is 9.65. The lowest BCUT2D eigenvalue weighted by atomic mass is 9.73. The minimum atomic E-state index is 0.435. The molecule has 14 heavy (non-hydrogen) atoms. The predicted octanol–water partition coefficient (Wildman–Crippen LogP) is 2.34. The fourth-order valence-corrected chi connectivity index (χ4v) is 1.64. The number of aryl methyl sites for hydroxylation is 2. The van der Waals surface area contributed by atoms with Crippen LogP contribution in [0.1, 0.15) is 36.4 Å². The van der Waals surface area contributed by atoms with Crippen LogP contribution >= 0.6 is 0 Å². The van der Waals surface area contributed by atoms with E-state index in [1.54, 1.807) is 0 Å². The van der Waals surface area contributed by atoms with E-state index in [0.29, 0.717) is 17.5 Å². The van der Waals surface area contributed by atoms with Crippen molar-refractivity contribution in [2.75, 3.05) is 0 Å². The van der Waals surface area contributed by atoms with Gasteiger partial charge in [-0.3, -0.25) is 0 Å². The van der Waals surface area contributed by atoms with Crippen LogP contribution in [0.5, 0.6) is 5.75 Å². The van der Waals surface area contributed by atoms with Crippen LogP contribution in [0.25, 0.3) is 0 Å². The SMILES string of the molecule is BC(c1cc(C)c(O)c(C)c1)C(C)C. The van der Waals surface area contributed by atoms with Crippen LogP contribution in [-0.4, -0.2) is 13.0 Å². The Bertz CT molecular complexity index is 308. The summed E-state index contributed by atoms with van der Waals surface area (Å²) in [4.78, 5) is 0. The Balaban J connectivity index is 3.12.